The Balaban J connectivity index is 2.55. The summed E-state index contributed by atoms with van der Waals surface area (Å²) >= 11 is 13.7. The van der Waals surface area contributed by atoms with Gasteiger partial charge in [0.15, 0.2) is 11.7 Å². The Kier molecular flexibility index (Phi) is 3.13. The first-order valence-electron chi connectivity index (χ1n) is 3.89. The zero-order valence-corrected chi connectivity index (χ0v) is 11.1. The Labute approximate surface area is 109 Å². The third kappa shape index (κ3) is 2.24. The van der Waals surface area contributed by atoms with Gasteiger partial charge in [-0.25, -0.2) is 15.0 Å². The second-order valence-electron chi connectivity index (χ2n) is 2.69. The van der Waals surface area contributed by atoms with Crippen molar-refractivity contribution in [1.29, 1.82) is 0 Å². The topological polar surface area (TPSA) is 51.8 Å². The fraction of sp³-hybridized carbons (Fsp3) is 0.125. The molecule has 2 aromatic heterocycles. The highest BCUT2D eigenvalue weighted by molar-refractivity contribution is 14.1. The highest BCUT2D eigenvalue weighted by Crippen LogP contribution is 2.26. The maximum absolute atomic E-state index is 5.87. The van der Waals surface area contributed by atoms with Crippen molar-refractivity contribution < 1.29 is 4.42 Å². The van der Waals surface area contributed by atoms with Crippen LogP contribution in [0.15, 0.2) is 10.7 Å². The van der Waals surface area contributed by atoms with Gasteiger partial charge in [-0.3, -0.25) is 0 Å². The van der Waals surface area contributed by atoms with E-state index in [4.69, 9.17) is 27.6 Å². The van der Waals surface area contributed by atoms with Crippen molar-refractivity contribution in [2.45, 2.75) is 6.92 Å². The van der Waals surface area contributed by atoms with E-state index < -0.39 is 0 Å². The molecule has 0 amide bonds. The monoisotopic (exact) mass is 355 g/mol. The van der Waals surface area contributed by atoms with Crippen LogP contribution in [0.5, 0.6) is 0 Å². The maximum atomic E-state index is 5.87. The SMILES string of the molecule is Cc1nc(-c2nc(Cl)c(I)c(Cl)n2)co1. The predicted octanol–water partition coefficient (Wildman–Crippen LogP) is 3.35. The number of hydrogen-bond acceptors (Lipinski definition) is 4. The number of hydrogen-bond donors (Lipinski definition) is 0. The molecule has 0 aliphatic carbocycles. The molecule has 0 N–H and O–H groups in total. The minimum absolute atomic E-state index is 0.311. The number of halogens is 3. The van der Waals surface area contributed by atoms with Crippen LogP contribution in [-0.2, 0) is 0 Å². The van der Waals surface area contributed by atoms with E-state index in [9.17, 15) is 0 Å². The summed E-state index contributed by atoms with van der Waals surface area (Å²) in [7, 11) is 0. The zero-order chi connectivity index (χ0) is 11.0. The highest BCUT2D eigenvalue weighted by Gasteiger charge is 2.12. The van der Waals surface area contributed by atoms with E-state index in [1.807, 2.05) is 22.6 Å². The van der Waals surface area contributed by atoms with E-state index in [1.165, 1.54) is 6.26 Å². The number of oxazole rings is 1. The third-order valence-electron chi connectivity index (χ3n) is 1.62. The van der Waals surface area contributed by atoms with Gasteiger partial charge in [0.25, 0.3) is 0 Å². The third-order valence-corrected chi connectivity index (χ3v) is 3.82. The molecule has 4 nitrogen and oxygen atoms in total. The van der Waals surface area contributed by atoms with Gasteiger partial charge in [-0.05, 0) is 22.6 Å². The summed E-state index contributed by atoms with van der Waals surface area (Å²) in [6.07, 6.45) is 1.46. The number of nitrogens with zero attached hydrogens (tertiary/aromatic N) is 3. The molecule has 0 atom stereocenters. The zero-order valence-electron chi connectivity index (χ0n) is 7.46. The molecule has 0 saturated carbocycles. The molecule has 0 aliphatic heterocycles. The van der Waals surface area contributed by atoms with Gasteiger partial charge in [0, 0.05) is 6.92 Å². The van der Waals surface area contributed by atoms with Crippen LogP contribution in [0.4, 0.5) is 0 Å². The summed E-state index contributed by atoms with van der Waals surface area (Å²) in [5.41, 5.74) is 0.521. The number of aryl methyl sites for hydroxylation is 1. The van der Waals surface area contributed by atoms with E-state index in [0.29, 0.717) is 31.3 Å². The molecule has 2 heterocycles. The number of rotatable bonds is 1. The smallest absolute Gasteiger partial charge is 0.191 e. The van der Waals surface area contributed by atoms with Gasteiger partial charge in [0.2, 0.25) is 0 Å². The van der Waals surface area contributed by atoms with Crippen LogP contribution < -0.4 is 0 Å². The largest absolute Gasteiger partial charge is 0.449 e. The van der Waals surface area contributed by atoms with Crippen LogP contribution >= 0.6 is 45.8 Å². The highest BCUT2D eigenvalue weighted by atomic mass is 127. The lowest BCUT2D eigenvalue weighted by Gasteiger charge is -2.00. The van der Waals surface area contributed by atoms with Crippen LogP contribution in [-0.4, -0.2) is 15.0 Å². The van der Waals surface area contributed by atoms with E-state index in [1.54, 1.807) is 6.92 Å². The molecule has 78 valence electrons. The van der Waals surface area contributed by atoms with Crippen molar-refractivity contribution in [2.24, 2.45) is 0 Å². The summed E-state index contributed by atoms with van der Waals surface area (Å²) in [5, 5.41) is 0.623. The van der Waals surface area contributed by atoms with Gasteiger partial charge in [-0.15, -0.1) is 0 Å². The van der Waals surface area contributed by atoms with Gasteiger partial charge in [0.05, 0.1) is 3.57 Å². The van der Waals surface area contributed by atoms with Crippen LogP contribution in [0, 0.1) is 10.5 Å². The Morgan fingerprint density at radius 2 is 1.80 bits per heavy atom. The van der Waals surface area contributed by atoms with Crippen molar-refractivity contribution in [1.82, 2.24) is 15.0 Å². The average molecular weight is 356 g/mol. The molecule has 0 fully saturated rings. The first-order valence-corrected chi connectivity index (χ1v) is 5.72. The second-order valence-corrected chi connectivity index (χ2v) is 4.49. The lowest BCUT2D eigenvalue weighted by molar-refractivity contribution is 0.521. The van der Waals surface area contributed by atoms with Crippen molar-refractivity contribution in [2.75, 3.05) is 0 Å². The quantitative estimate of drug-likeness (QED) is 0.581. The molecule has 7 heteroatoms. The summed E-state index contributed by atoms with van der Waals surface area (Å²) in [6.45, 7) is 1.74. The molecule has 0 aliphatic rings. The average Bonchev–Trinajstić information content (AvgIpc) is 2.60. The Morgan fingerprint density at radius 3 is 2.27 bits per heavy atom. The van der Waals surface area contributed by atoms with Crippen molar-refractivity contribution in [3.63, 3.8) is 0 Å². The molecular weight excluding hydrogens is 352 g/mol. The number of aromatic nitrogens is 3. The molecule has 15 heavy (non-hydrogen) atoms. The Hall–Kier alpha value is -0.400. The molecule has 0 spiro atoms. The lowest BCUT2D eigenvalue weighted by Crippen LogP contribution is -1.94. The predicted molar refractivity (Wildman–Crippen MR) is 65.0 cm³/mol. The minimum Gasteiger partial charge on any atom is -0.449 e. The summed E-state index contributed by atoms with van der Waals surface area (Å²) in [6, 6.07) is 0. The minimum atomic E-state index is 0.311. The Bertz CT molecular complexity index is 491. The summed E-state index contributed by atoms with van der Waals surface area (Å²) in [4.78, 5) is 12.2. The van der Waals surface area contributed by atoms with Gasteiger partial charge >= 0.3 is 0 Å². The molecular formula is C8H4Cl2IN3O. The molecule has 2 rings (SSSR count). The van der Waals surface area contributed by atoms with Gasteiger partial charge in [0.1, 0.15) is 22.3 Å². The van der Waals surface area contributed by atoms with Gasteiger partial charge in [-0.2, -0.15) is 0 Å². The first-order chi connectivity index (χ1) is 7.08. The summed E-state index contributed by atoms with van der Waals surface area (Å²) in [5.74, 6) is 0.904. The molecule has 0 saturated heterocycles. The van der Waals surface area contributed by atoms with E-state index >= 15 is 0 Å². The van der Waals surface area contributed by atoms with Gasteiger partial charge in [-0.1, -0.05) is 23.2 Å². The molecule has 0 radical (unpaired) electrons. The van der Waals surface area contributed by atoms with Gasteiger partial charge < -0.3 is 4.42 Å². The Morgan fingerprint density at radius 1 is 1.20 bits per heavy atom. The van der Waals surface area contributed by atoms with Crippen molar-refractivity contribution in [3.05, 3.63) is 26.0 Å². The van der Waals surface area contributed by atoms with Crippen LogP contribution in [0.1, 0.15) is 5.89 Å². The van der Waals surface area contributed by atoms with Crippen molar-refractivity contribution in [3.8, 4) is 11.5 Å². The normalized spacial score (nSPS) is 10.7. The first kappa shape index (κ1) is 11.1. The van der Waals surface area contributed by atoms with E-state index in [0.717, 1.165) is 0 Å². The fourth-order valence-electron chi connectivity index (χ4n) is 0.975. The molecule has 0 bridgehead atoms. The second kappa shape index (κ2) is 4.23. The molecule has 0 aromatic carbocycles. The van der Waals surface area contributed by atoms with Crippen LogP contribution in [0.3, 0.4) is 0 Å². The lowest BCUT2D eigenvalue weighted by atomic mass is 10.4. The standard InChI is InChI=1S/C8H4Cl2IN3O/c1-3-12-4(2-15-3)8-13-6(9)5(11)7(10)14-8/h2H,1H3. The van der Waals surface area contributed by atoms with Crippen LogP contribution in [0.25, 0.3) is 11.5 Å². The fourth-order valence-corrected chi connectivity index (χ4v) is 1.60. The van der Waals surface area contributed by atoms with Crippen molar-refractivity contribution >= 4 is 45.8 Å². The summed E-state index contributed by atoms with van der Waals surface area (Å²) < 4.78 is 5.67. The van der Waals surface area contributed by atoms with E-state index in [-0.39, 0.29) is 0 Å². The van der Waals surface area contributed by atoms with E-state index in [2.05, 4.69) is 15.0 Å². The van der Waals surface area contributed by atoms with Crippen LogP contribution in [0.2, 0.25) is 10.3 Å². The molecule has 2 aromatic rings. The molecule has 0 unspecified atom stereocenters. The maximum Gasteiger partial charge on any atom is 0.191 e.